The summed E-state index contributed by atoms with van der Waals surface area (Å²) in [5.41, 5.74) is 1.37. The lowest BCUT2D eigenvalue weighted by molar-refractivity contribution is -0.116. The molecular formula is C12H20O. The van der Waals surface area contributed by atoms with Gasteiger partial charge < -0.3 is 4.79 Å². The molecule has 74 valence electrons. The molecule has 1 nitrogen and oxygen atoms in total. The molecule has 0 radical (unpaired) electrons. The SMILES string of the molecule is CC(=O)CCC=CCCC=C(C)C. The third-order valence-corrected chi connectivity index (χ3v) is 1.72. The highest BCUT2D eigenvalue weighted by Crippen LogP contribution is 1.99. The summed E-state index contributed by atoms with van der Waals surface area (Å²) in [6.45, 7) is 5.86. The van der Waals surface area contributed by atoms with Gasteiger partial charge in [-0.1, -0.05) is 23.8 Å². The highest BCUT2D eigenvalue weighted by atomic mass is 16.1. The second-order valence-corrected chi connectivity index (χ2v) is 3.57. The van der Waals surface area contributed by atoms with Crippen LogP contribution >= 0.6 is 0 Å². The highest BCUT2D eigenvalue weighted by molar-refractivity contribution is 5.75. The summed E-state index contributed by atoms with van der Waals surface area (Å²) in [7, 11) is 0. The van der Waals surface area contributed by atoms with Crippen molar-refractivity contribution in [3.05, 3.63) is 23.8 Å². The number of carbonyl (C=O) groups excluding carboxylic acids is 1. The Balaban J connectivity index is 3.32. The van der Waals surface area contributed by atoms with Crippen LogP contribution in [0.1, 0.15) is 46.5 Å². The van der Waals surface area contributed by atoms with E-state index in [1.165, 1.54) is 5.57 Å². The van der Waals surface area contributed by atoms with Crippen LogP contribution in [0.5, 0.6) is 0 Å². The number of unbranched alkanes of at least 4 members (excludes halogenated alkanes) is 1. The van der Waals surface area contributed by atoms with Crippen molar-refractivity contribution in [1.82, 2.24) is 0 Å². The maximum absolute atomic E-state index is 10.6. The van der Waals surface area contributed by atoms with Gasteiger partial charge in [0, 0.05) is 6.42 Å². The maximum Gasteiger partial charge on any atom is 0.130 e. The van der Waals surface area contributed by atoms with E-state index in [0.29, 0.717) is 6.42 Å². The number of allylic oxidation sites excluding steroid dienone is 4. The van der Waals surface area contributed by atoms with Crippen LogP contribution in [0.3, 0.4) is 0 Å². The summed E-state index contributed by atoms with van der Waals surface area (Å²) in [5.74, 6) is 0.272. The number of Topliss-reactive ketones (excluding diaryl/α,β-unsaturated/α-hetero) is 1. The largest absolute Gasteiger partial charge is 0.300 e. The summed E-state index contributed by atoms with van der Waals surface area (Å²) < 4.78 is 0. The van der Waals surface area contributed by atoms with E-state index in [1.54, 1.807) is 6.92 Å². The first-order valence-electron chi connectivity index (χ1n) is 4.90. The van der Waals surface area contributed by atoms with Crippen molar-refractivity contribution in [2.75, 3.05) is 0 Å². The Morgan fingerprint density at radius 2 is 1.62 bits per heavy atom. The number of hydrogen-bond acceptors (Lipinski definition) is 1. The van der Waals surface area contributed by atoms with Crippen LogP contribution in [0.25, 0.3) is 0 Å². The van der Waals surface area contributed by atoms with Crippen LogP contribution in [-0.4, -0.2) is 5.78 Å². The molecule has 0 N–H and O–H groups in total. The van der Waals surface area contributed by atoms with Gasteiger partial charge in [-0.3, -0.25) is 0 Å². The lowest BCUT2D eigenvalue weighted by Crippen LogP contribution is -1.86. The molecule has 0 spiro atoms. The smallest absolute Gasteiger partial charge is 0.130 e. The molecule has 0 aliphatic heterocycles. The molecule has 0 amide bonds. The Morgan fingerprint density at radius 3 is 2.15 bits per heavy atom. The molecule has 0 saturated carbocycles. The van der Waals surface area contributed by atoms with Crippen molar-refractivity contribution >= 4 is 5.78 Å². The molecule has 0 aliphatic carbocycles. The molecular weight excluding hydrogens is 160 g/mol. The number of hydrogen-bond donors (Lipinski definition) is 0. The molecule has 0 bridgehead atoms. The Kier molecular flexibility index (Phi) is 7.27. The quantitative estimate of drug-likeness (QED) is 0.450. The summed E-state index contributed by atoms with van der Waals surface area (Å²) >= 11 is 0. The second kappa shape index (κ2) is 7.78. The Hall–Kier alpha value is -0.850. The van der Waals surface area contributed by atoms with E-state index in [-0.39, 0.29) is 5.78 Å². The summed E-state index contributed by atoms with van der Waals surface area (Å²) in [5, 5.41) is 0. The summed E-state index contributed by atoms with van der Waals surface area (Å²) in [6, 6.07) is 0. The summed E-state index contributed by atoms with van der Waals surface area (Å²) in [4.78, 5) is 10.6. The van der Waals surface area contributed by atoms with Gasteiger partial charge in [0.15, 0.2) is 0 Å². The number of ketones is 1. The van der Waals surface area contributed by atoms with Crippen molar-refractivity contribution < 1.29 is 4.79 Å². The zero-order valence-corrected chi connectivity index (χ0v) is 8.97. The minimum atomic E-state index is 0.272. The zero-order chi connectivity index (χ0) is 10.1. The van der Waals surface area contributed by atoms with Crippen LogP contribution in [0.2, 0.25) is 0 Å². The van der Waals surface area contributed by atoms with Gasteiger partial charge in [-0.05, 0) is 40.0 Å². The average Bonchev–Trinajstić information content (AvgIpc) is 2.01. The second-order valence-electron chi connectivity index (χ2n) is 3.57. The van der Waals surface area contributed by atoms with E-state index in [2.05, 4.69) is 32.1 Å². The van der Waals surface area contributed by atoms with Crippen molar-refractivity contribution in [2.24, 2.45) is 0 Å². The van der Waals surface area contributed by atoms with Gasteiger partial charge in [0.05, 0.1) is 0 Å². The molecule has 0 aromatic rings. The van der Waals surface area contributed by atoms with E-state index in [0.717, 1.165) is 19.3 Å². The topological polar surface area (TPSA) is 17.1 Å². The van der Waals surface area contributed by atoms with Crippen LogP contribution in [-0.2, 0) is 4.79 Å². The van der Waals surface area contributed by atoms with Crippen LogP contribution in [0, 0.1) is 0 Å². The van der Waals surface area contributed by atoms with E-state index >= 15 is 0 Å². The highest BCUT2D eigenvalue weighted by Gasteiger charge is 1.87. The molecule has 0 unspecified atom stereocenters. The van der Waals surface area contributed by atoms with Crippen molar-refractivity contribution in [3.8, 4) is 0 Å². The van der Waals surface area contributed by atoms with E-state index in [1.807, 2.05) is 0 Å². The molecule has 0 rings (SSSR count). The van der Waals surface area contributed by atoms with E-state index in [4.69, 9.17) is 0 Å². The average molecular weight is 180 g/mol. The molecule has 0 aliphatic rings. The normalized spacial score (nSPS) is 10.4. The van der Waals surface area contributed by atoms with Gasteiger partial charge in [-0.15, -0.1) is 0 Å². The molecule has 13 heavy (non-hydrogen) atoms. The van der Waals surface area contributed by atoms with Gasteiger partial charge in [0.25, 0.3) is 0 Å². The first-order chi connectivity index (χ1) is 6.13. The predicted molar refractivity (Wildman–Crippen MR) is 57.7 cm³/mol. The standard InChI is InChI=1S/C12H20O/c1-11(2)9-7-5-4-6-8-10-12(3)13/h4,6,9H,5,7-8,10H2,1-3H3. The molecule has 0 aromatic heterocycles. The zero-order valence-electron chi connectivity index (χ0n) is 8.97. The van der Waals surface area contributed by atoms with Gasteiger partial charge in [0.1, 0.15) is 5.78 Å². The van der Waals surface area contributed by atoms with Crippen molar-refractivity contribution in [2.45, 2.75) is 46.5 Å². The number of carbonyl (C=O) groups is 1. The lowest BCUT2D eigenvalue weighted by atomic mass is 10.2. The third kappa shape index (κ3) is 11.1. The number of rotatable bonds is 6. The van der Waals surface area contributed by atoms with Crippen LogP contribution in [0.4, 0.5) is 0 Å². The minimum Gasteiger partial charge on any atom is -0.300 e. The van der Waals surface area contributed by atoms with Gasteiger partial charge >= 0.3 is 0 Å². The van der Waals surface area contributed by atoms with Gasteiger partial charge in [-0.25, -0.2) is 0 Å². The molecule has 1 heteroatoms. The fraction of sp³-hybridized carbons (Fsp3) is 0.583. The maximum atomic E-state index is 10.6. The van der Waals surface area contributed by atoms with Gasteiger partial charge in [-0.2, -0.15) is 0 Å². The monoisotopic (exact) mass is 180 g/mol. The first-order valence-corrected chi connectivity index (χ1v) is 4.90. The molecule has 0 fully saturated rings. The summed E-state index contributed by atoms with van der Waals surface area (Å²) in [6.07, 6.45) is 10.3. The Labute approximate surface area is 81.5 Å². The van der Waals surface area contributed by atoms with Crippen molar-refractivity contribution in [3.63, 3.8) is 0 Å². The fourth-order valence-electron chi connectivity index (χ4n) is 0.991. The Morgan fingerprint density at radius 1 is 1.00 bits per heavy atom. The third-order valence-electron chi connectivity index (χ3n) is 1.72. The molecule has 0 saturated heterocycles. The first kappa shape index (κ1) is 12.2. The molecule has 0 heterocycles. The molecule has 0 aromatic carbocycles. The van der Waals surface area contributed by atoms with Gasteiger partial charge in [0.2, 0.25) is 0 Å². The predicted octanol–water partition coefficient (Wildman–Crippen LogP) is 3.66. The van der Waals surface area contributed by atoms with Crippen LogP contribution < -0.4 is 0 Å². The fourth-order valence-corrected chi connectivity index (χ4v) is 0.991. The Bertz CT molecular complexity index is 195. The van der Waals surface area contributed by atoms with Crippen LogP contribution in [0.15, 0.2) is 23.8 Å². The van der Waals surface area contributed by atoms with E-state index < -0.39 is 0 Å². The molecule has 0 atom stereocenters. The van der Waals surface area contributed by atoms with Crippen molar-refractivity contribution in [1.29, 1.82) is 0 Å². The van der Waals surface area contributed by atoms with E-state index in [9.17, 15) is 4.79 Å². The minimum absolute atomic E-state index is 0.272. The lowest BCUT2D eigenvalue weighted by Gasteiger charge is -1.90.